The predicted octanol–water partition coefficient (Wildman–Crippen LogP) is 2.26. The molecule has 2 heteroatoms. The number of carbonyl (C=O) groups excluding carboxylic acids is 1. The molecule has 0 aromatic rings. The van der Waals surface area contributed by atoms with E-state index in [1.807, 2.05) is 13.0 Å². The summed E-state index contributed by atoms with van der Waals surface area (Å²) in [6.07, 6.45) is 7.75. The molecule has 2 nitrogen and oxygen atoms in total. The Balaban J connectivity index is 3.19. The summed E-state index contributed by atoms with van der Waals surface area (Å²) in [5.74, 6) is 0.182. The molecule has 70 valence electrons. The van der Waals surface area contributed by atoms with Crippen LogP contribution in [0.3, 0.4) is 0 Å². The van der Waals surface area contributed by atoms with E-state index < -0.39 is 0 Å². The van der Waals surface area contributed by atoms with Gasteiger partial charge in [0.05, 0.1) is 0 Å². The molecule has 0 aromatic carbocycles. The summed E-state index contributed by atoms with van der Waals surface area (Å²) in [4.78, 5) is 11.0. The summed E-state index contributed by atoms with van der Waals surface area (Å²) < 4.78 is 0. The fourth-order valence-corrected chi connectivity index (χ4v) is 0.900. The Morgan fingerprint density at radius 3 is 2.83 bits per heavy atom. The number of allylic oxidation sites excluding steroid dienone is 2. The van der Waals surface area contributed by atoms with Gasteiger partial charge >= 0.3 is 0 Å². The van der Waals surface area contributed by atoms with Crippen LogP contribution < -0.4 is 5.32 Å². The molecule has 0 aromatic heterocycles. The van der Waals surface area contributed by atoms with Gasteiger partial charge in [0.15, 0.2) is 0 Å². The molecular weight excluding hydrogens is 150 g/mol. The average Bonchev–Trinajstić information content (AvgIpc) is 2.09. The Morgan fingerprint density at radius 1 is 1.50 bits per heavy atom. The van der Waals surface area contributed by atoms with Gasteiger partial charge in [-0.25, -0.2) is 0 Å². The zero-order valence-corrected chi connectivity index (χ0v) is 8.10. The van der Waals surface area contributed by atoms with E-state index in [0.717, 1.165) is 25.8 Å². The molecule has 0 atom stereocenters. The van der Waals surface area contributed by atoms with Gasteiger partial charge < -0.3 is 5.32 Å². The first-order chi connectivity index (χ1) is 5.81. The molecule has 1 amide bonds. The lowest BCUT2D eigenvalue weighted by Gasteiger charge is -2.01. The highest BCUT2D eigenvalue weighted by atomic mass is 16.1. The van der Waals surface area contributed by atoms with Crippen LogP contribution in [0, 0.1) is 0 Å². The predicted molar refractivity (Wildman–Crippen MR) is 52.0 cm³/mol. The van der Waals surface area contributed by atoms with Crippen LogP contribution in [-0.2, 0) is 4.79 Å². The molecule has 0 saturated heterocycles. The Morgan fingerprint density at radius 2 is 2.25 bits per heavy atom. The van der Waals surface area contributed by atoms with Gasteiger partial charge in [-0.3, -0.25) is 4.79 Å². The Kier molecular flexibility index (Phi) is 7.76. The summed E-state index contributed by atoms with van der Waals surface area (Å²) in [5.41, 5.74) is 0. The standard InChI is InChI=1S/C10H19NO/c1-3-5-6-7-8-10(12)11-9-4-2/h3,5H,4,6-9H2,1-2H3,(H,11,12). The minimum atomic E-state index is 0.182. The van der Waals surface area contributed by atoms with Gasteiger partial charge in [-0.05, 0) is 26.2 Å². The number of amides is 1. The highest BCUT2D eigenvalue weighted by Gasteiger charge is 1.96. The fourth-order valence-electron chi connectivity index (χ4n) is 0.900. The second-order valence-electron chi connectivity index (χ2n) is 2.81. The molecular formula is C10H19NO. The topological polar surface area (TPSA) is 29.1 Å². The highest BCUT2D eigenvalue weighted by Crippen LogP contribution is 1.96. The van der Waals surface area contributed by atoms with E-state index in [9.17, 15) is 4.79 Å². The first-order valence-electron chi connectivity index (χ1n) is 4.69. The van der Waals surface area contributed by atoms with Crippen molar-refractivity contribution in [1.29, 1.82) is 0 Å². The van der Waals surface area contributed by atoms with Crippen LogP contribution in [0.25, 0.3) is 0 Å². The second kappa shape index (κ2) is 8.31. The average molecular weight is 169 g/mol. The van der Waals surface area contributed by atoms with Gasteiger partial charge in [0.25, 0.3) is 0 Å². The van der Waals surface area contributed by atoms with Crippen LogP contribution in [-0.4, -0.2) is 12.5 Å². The lowest BCUT2D eigenvalue weighted by atomic mass is 10.2. The van der Waals surface area contributed by atoms with Crippen LogP contribution in [0.1, 0.15) is 39.5 Å². The zero-order valence-electron chi connectivity index (χ0n) is 8.10. The van der Waals surface area contributed by atoms with Crippen molar-refractivity contribution in [3.8, 4) is 0 Å². The highest BCUT2D eigenvalue weighted by molar-refractivity contribution is 5.75. The van der Waals surface area contributed by atoms with E-state index >= 15 is 0 Å². The van der Waals surface area contributed by atoms with Crippen molar-refractivity contribution in [2.45, 2.75) is 39.5 Å². The van der Waals surface area contributed by atoms with Crippen LogP contribution >= 0.6 is 0 Å². The SMILES string of the molecule is CC=CCCCC(=O)NCCC. The fraction of sp³-hybridized carbons (Fsp3) is 0.700. The molecule has 0 aliphatic rings. The lowest BCUT2D eigenvalue weighted by Crippen LogP contribution is -2.23. The maximum atomic E-state index is 11.0. The van der Waals surface area contributed by atoms with E-state index in [0.29, 0.717) is 6.42 Å². The molecule has 0 fully saturated rings. The van der Waals surface area contributed by atoms with Crippen LogP contribution in [0.4, 0.5) is 0 Å². The number of hydrogen-bond acceptors (Lipinski definition) is 1. The third-order valence-electron chi connectivity index (χ3n) is 1.58. The maximum absolute atomic E-state index is 11.0. The van der Waals surface area contributed by atoms with E-state index in [1.54, 1.807) is 0 Å². The summed E-state index contributed by atoms with van der Waals surface area (Å²) in [6.45, 7) is 4.86. The summed E-state index contributed by atoms with van der Waals surface area (Å²) in [6, 6.07) is 0. The molecule has 0 unspecified atom stereocenters. The van der Waals surface area contributed by atoms with Crippen molar-refractivity contribution in [2.24, 2.45) is 0 Å². The van der Waals surface area contributed by atoms with Crippen LogP contribution in [0.5, 0.6) is 0 Å². The number of hydrogen-bond donors (Lipinski definition) is 1. The van der Waals surface area contributed by atoms with Crippen molar-refractivity contribution in [3.05, 3.63) is 12.2 Å². The van der Waals surface area contributed by atoms with Gasteiger partial charge in [-0.15, -0.1) is 0 Å². The summed E-state index contributed by atoms with van der Waals surface area (Å²) in [5, 5.41) is 2.85. The van der Waals surface area contributed by atoms with E-state index in [4.69, 9.17) is 0 Å². The smallest absolute Gasteiger partial charge is 0.220 e. The summed E-state index contributed by atoms with van der Waals surface area (Å²) >= 11 is 0. The third-order valence-corrected chi connectivity index (χ3v) is 1.58. The van der Waals surface area contributed by atoms with Crippen LogP contribution in [0.2, 0.25) is 0 Å². The van der Waals surface area contributed by atoms with Crippen molar-refractivity contribution >= 4 is 5.91 Å². The Labute approximate surface area is 75.0 Å². The number of nitrogens with one attached hydrogen (secondary N) is 1. The number of carbonyl (C=O) groups is 1. The van der Waals surface area contributed by atoms with Gasteiger partial charge in [0.1, 0.15) is 0 Å². The number of unbranched alkanes of at least 4 members (excludes halogenated alkanes) is 1. The van der Waals surface area contributed by atoms with Gasteiger partial charge in [0.2, 0.25) is 5.91 Å². The van der Waals surface area contributed by atoms with E-state index in [1.165, 1.54) is 0 Å². The van der Waals surface area contributed by atoms with Crippen molar-refractivity contribution < 1.29 is 4.79 Å². The Hall–Kier alpha value is -0.790. The molecule has 12 heavy (non-hydrogen) atoms. The van der Waals surface area contributed by atoms with Gasteiger partial charge in [-0.1, -0.05) is 19.1 Å². The third kappa shape index (κ3) is 7.32. The van der Waals surface area contributed by atoms with Gasteiger partial charge in [-0.2, -0.15) is 0 Å². The van der Waals surface area contributed by atoms with Crippen molar-refractivity contribution in [2.75, 3.05) is 6.54 Å². The van der Waals surface area contributed by atoms with E-state index in [2.05, 4.69) is 18.3 Å². The maximum Gasteiger partial charge on any atom is 0.220 e. The minimum Gasteiger partial charge on any atom is -0.356 e. The summed E-state index contributed by atoms with van der Waals surface area (Å²) in [7, 11) is 0. The molecule has 0 aliphatic heterocycles. The zero-order chi connectivity index (χ0) is 9.23. The second-order valence-corrected chi connectivity index (χ2v) is 2.81. The minimum absolute atomic E-state index is 0.182. The first kappa shape index (κ1) is 11.2. The number of rotatable bonds is 6. The monoisotopic (exact) mass is 169 g/mol. The first-order valence-corrected chi connectivity index (χ1v) is 4.69. The lowest BCUT2D eigenvalue weighted by molar-refractivity contribution is -0.121. The Bertz CT molecular complexity index is 141. The molecule has 0 aliphatic carbocycles. The molecule has 0 rings (SSSR count). The molecule has 0 spiro atoms. The molecule has 1 N–H and O–H groups in total. The molecule has 0 saturated carbocycles. The molecule has 0 radical (unpaired) electrons. The largest absolute Gasteiger partial charge is 0.356 e. The molecule has 0 bridgehead atoms. The van der Waals surface area contributed by atoms with E-state index in [-0.39, 0.29) is 5.91 Å². The quantitative estimate of drug-likeness (QED) is 0.479. The van der Waals surface area contributed by atoms with Crippen molar-refractivity contribution in [1.82, 2.24) is 5.32 Å². The normalized spacial score (nSPS) is 10.5. The van der Waals surface area contributed by atoms with Crippen molar-refractivity contribution in [3.63, 3.8) is 0 Å². The molecule has 0 heterocycles. The van der Waals surface area contributed by atoms with Gasteiger partial charge in [0, 0.05) is 13.0 Å². The van der Waals surface area contributed by atoms with Crippen LogP contribution in [0.15, 0.2) is 12.2 Å².